The van der Waals surface area contributed by atoms with Crippen molar-refractivity contribution >= 4 is 16.3 Å². The van der Waals surface area contributed by atoms with E-state index in [1.54, 1.807) is 11.3 Å². The lowest BCUT2D eigenvalue weighted by atomic mass is 10.1. The number of benzene rings is 1. The van der Waals surface area contributed by atoms with Gasteiger partial charge in [-0.15, -0.1) is 11.3 Å². The molecule has 0 amide bonds. The van der Waals surface area contributed by atoms with E-state index in [0.717, 1.165) is 16.1 Å². The second-order valence-corrected chi connectivity index (χ2v) is 3.42. The van der Waals surface area contributed by atoms with E-state index >= 15 is 0 Å². The molecule has 0 spiro atoms. The van der Waals surface area contributed by atoms with Crippen LogP contribution in [0.25, 0.3) is 11.1 Å². The molecule has 0 aliphatic carbocycles. The highest BCUT2D eigenvalue weighted by Crippen LogP contribution is 2.29. The SMILES string of the molecule is Nc1sccc1-c1[c]cccc1. The molecular weight excluding hydrogens is 166 g/mol. The number of rotatable bonds is 1. The number of hydrogen-bond donors (Lipinski definition) is 1. The maximum Gasteiger partial charge on any atom is 0.0936 e. The molecule has 59 valence electrons. The van der Waals surface area contributed by atoms with Crippen LogP contribution in [0.15, 0.2) is 35.7 Å². The van der Waals surface area contributed by atoms with Gasteiger partial charge in [0.15, 0.2) is 0 Å². The third-order valence-corrected chi connectivity index (χ3v) is 2.44. The van der Waals surface area contributed by atoms with E-state index in [4.69, 9.17) is 5.73 Å². The van der Waals surface area contributed by atoms with Gasteiger partial charge in [0.25, 0.3) is 0 Å². The minimum atomic E-state index is 0.859. The first kappa shape index (κ1) is 7.37. The van der Waals surface area contributed by atoms with Gasteiger partial charge >= 0.3 is 0 Å². The van der Waals surface area contributed by atoms with Gasteiger partial charge in [-0.3, -0.25) is 0 Å². The number of nitrogen functional groups attached to an aromatic ring is 1. The fourth-order valence-corrected chi connectivity index (χ4v) is 1.76. The van der Waals surface area contributed by atoms with E-state index in [-0.39, 0.29) is 0 Å². The van der Waals surface area contributed by atoms with Gasteiger partial charge in [-0.2, -0.15) is 0 Å². The molecule has 0 aliphatic heterocycles. The highest BCUT2D eigenvalue weighted by Gasteiger charge is 2.01. The van der Waals surface area contributed by atoms with Crippen molar-refractivity contribution in [3.63, 3.8) is 0 Å². The van der Waals surface area contributed by atoms with E-state index in [1.807, 2.05) is 35.7 Å². The second-order valence-electron chi connectivity index (χ2n) is 2.47. The van der Waals surface area contributed by atoms with Crippen LogP contribution in [0.5, 0.6) is 0 Å². The number of hydrogen-bond acceptors (Lipinski definition) is 2. The van der Waals surface area contributed by atoms with Gasteiger partial charge in [-0.05, 0) is 23.1 Å². The van der Waals surface area contributed by atoms with Crippen LogP contribution in [0.1, 0.15) is 0 Å². The monoisotopic (exact) mass is 174 g/mol. The molecule has 1 aromatic carbocycles. The molecule has 1 nitrogen and oxygen atoms in total. The van der Waals surface area contributed by atoms with Crippen molar-refractivity contribution in [1.82, 2.24) is 0 Å². The summed E-state index contributed by atoms with van der Waals surface area (Å²) in [5.41, 5.74) is 7.92. The van der Waals surface area contributed by atoms with Crippen molar-refractivity contribution in [3.8, 4) is 11.1 Å². The summed E-state index contributed by atoms with van der Waals surface area (Å²) >= 11 is 1.56. The van der Waals surface area contributed by atoms with Crippen LogP contribution < -0.4 is 5.73 Å². The van der Waals surface area contributed by atoms with Crippen LogP contribution in [-0.4, -0.2) is 0 Å². The van der Waals surface area contributed by atoms with Gasteiger partial charge in [0.2, 0.25) is 0 Å². The summed E-state index contributed by atoms with van der Waals surface area (Å²) in [5.74, 6) is 0. The molecule has 12 heavy (non-hydrogen) atoms. The van der Waals surface area contributed by atoms with Gasteiger partial charge < -0.3 is 5.73 Å². The zero-order valence-electron chi connectivity index (χ0n) is 6.45. The van der Waals surface area contributed by atoms with Gasteiger partial charge in [-0.1, -0.05) is 24.3 Å². The lowest BCUT2D eigenvalue weighted by Gasteiger charge is -1.97. The average Bonchev–Trinajstić information content (AvgIpc) is 2.53. The minimum Gasteiger partial charge on any atom is -0.390 e. The quantitative estimate of drug-likeness (QED) is 0.706. The molecule has 0 atom stereocenters. The second kappa shape index (κ2) is 2.99. The Labute approximate surface area is 75.5 Å². The molecule has 0 fully saturated rings. The van der Waals surface area contributed by atoms with Crippen LogP contribution in [0, 0.1) is 6.07 Å². The number of thiophene rings is 1. The number of anilines is 1. The Morgan fingerprint density at radius 3 is 2.75 bits per heavy atom. The van der Waals surface area contributed by atoms with Crippen LogP contribution >= 0.6 is 11.3 Å². The zero-order valence-corrected chi connectivity index (χ0v) is 7.27. The Balaban J connectivity index is 2.51. The molecule has 1 radical (unpaired) electrons. The summed E-state index contributed by atoms with van der Waals surface area (Å²) in [6.07, 6.45) is 0. The van der Waals surface area contributed by atoms with Crippen molar-refractivity contribution in [1.29, 1.82) is 0 Å². The highest BCUT2D eigenvalue weighted by atomic mass is 32.1. The summed E-state index contributed by atoms with van der Waals surface area (Å²) in [7, 11) is 0. The Morgan fingerprint density at radius 1 is 1.25 bits per heavy atom. The first-order valence-electron chi connectivity index (χ1n) is 3.68. The predicted molar refractivity (Wildman–Crippen MR) is 53.0 cm³/mol. The van der Waals surface area contributed by atoms with Gasteiger partial charge in [-0.25, -0.2) is 0 Å². The van der Waals surface area contributed by atoms with E-state index < -0.39 is 0 Å². The topological polar surface area (TPSA) is 26.0 Å². The van der Waals surface area contributed by atoms with Crippen molar-refractivity contribution in [3.05, 3.63) is 41.8 Å². The Morgan fingerprint density at radius 2 is 2.17 bits per heavy atom. The standard InChI is InChI=1S/C10H8NS/c11-10-9(6-7-12-10)8-4-2-1-3-5-8/h1-4,6-7H,11H2. The molecule has 0 saturated carbocycles. The molecule has 0 aliphatic rings. The third-order valence-electron chi connectivity index (χ3n) is 1.69. The van der Waals surface area contributed by atoms with Crippen LogP contribution in [0.2, 0.25) is 0 Å². The van der Waals surface area contributed by atoms with Crippen LogP contribution in [-0.2, 0) is 0 Å². The Hall–Kier alpha value is -1.28. The number of nitrogens with two attached hydrogens (primary N) is 1. The summed E-state index contributed by atoms with van der Waals surface area (Å²) < 4.78 is 0. The maximum atomic E-state index is 5.77. The molecule has 2 heteroatoms. The molecule has 1 aromatic heterocycles. The van der Waals surface area contributed by atoms with E-state index in [1.165, 1.54) is 0 Å². The van der Waals surface area contributed by atoms with Crippen molar-refractivity contribution < 1.29 is 0 Å². The summed E-state index contributed by atoms with van der Waals surface area (Å²) in [4.78, 5) is 0. The van der Waals surface area contributed by atoms with Gasteiger partial charge in [0.05, 0.1) is 5.00 Å². The van der Waals surface area contributed by atoms with Crippen LogP contribution in [0.3, 0.4) is 0 Å². The predicted octanol–water partition coefficient (Wildman–Crippen LogP) is 2.80. The molecular formula is C10H8NS. The van der Waals surface area contributed by atoms with E-state index in [2.05, 4.69) is 6.07 Å². The normalized spacial score (nSPS) is 10.0. The van der Waals surface area contributed by atoms with E-state index in [9.17, 15) is 0 Å². The molecule has 2 N–H and O–H groups in total. The van der Waals surface area contributed by atoms with Crippen molar-refractivity contribution in [2.75, 3.05) is 5.73 Å². The Kier molecular flexibility index (Phi) is 1.84. The lowest BCUT2D eigenvalue weighted by Crippen LogP contribution is -1.82. The third kappa shape index (κ3) is 1.21. The summed E-state index contributed by atoms with van der Waals surface area (Å²) in [6, 6.07) is 13.0. The maximum absolute atomic E-state index is 5.77. The fraction of sp³-hybridized carbons (Fsp3) is 0. The first-order valence-corrected chi connectivity index (χ1v) is 4.56. The molecule has 0 unspecified atom stereocenters. The molecule has 0 saturated heterocycles. The highest BCUT2D eigenvalue weighted by molar-refractivity contribution is 7.14. The minimum absolute atomic E-state index is 0.859. The van der Waals surface area contributed by atoms with Crippen molar-refractivity contribution in [2.45, 2.75) is 0 Å². The largest absolute Gasteiger partial charge is 0.390 e. The van der Waals surface area contributed by atoms with Gasteiger partial charge in [0.1, 0.15) is 0 Å². The zero-order chi connectivity index (χ0) is 8.39. The smallest absolute Gasteiger partial charge is 0.0936 e. The summed E-state index contributed by atoms with van der Waals surface area (Å²) in [5, 5.41) is 2.85. The van der Waals surface area contributed by atoms with Gasteiger partial charge in [0, 0.05) is 5.56 Å². The van der Waals surface area contributed by atoms with E-state index in [0.29, 0.717) is 0 Å². The average molecular weight is 174 g/mol. The molecule has 1 heterocycles. The first-order chi connectivity index (χ1) is 5.88. The van der Waals surface area contributed by atoms with Crippen molar-refractivity contribution in [2.24, 2.45) is 0 Å². The molecule has 2 rings (SSSR count). The fourth-order valence-electron chi connectivity index (χ4n) is 1.10. The molecule has 0 bridgehead atoms. The Bertz CT molecular complexity index is 364. The molecule has 2 aromatic rings. The summed E-state index contributed by atoms with van der Waals surface area (Å²) in [6.45, 7) is 0. The lowest BCUT2D eigenvalue weighted by molar-refractivity contribution is 1.66. The van der Waals surface area contributed by atoms with Crippen LogP contribution in [0.4, 0.5) is 5.00 Å².